The summed E-state index contributed by atoms with van der Waals surface area (Å²) in [4.78, 5) is 0. The third kappa shape index (κ3) is 3.33. The van der Waals surface area contributed by atoms with Crippen LogP contribution in [0.3, 0.4) is 0 Å². The Morgan fingerprint density at radius 3 is 2.85 bits per heavy atom. The van der Waals surface area contributed by atoms with Crippen molar-refractivity contribution in [2.75, 3.05) is 19.7 Å². The van der Waals surface area contributed by atoms with Crippen molar-refractivity contribution >= 4 is 10.0 Å². The highest BCUT2D eigenvalue weighted by Gasteiger charge is 2.33. The van der Waals surface area contributed by atoms with Crippen LogP contribution in [0, 0.1) is 11.6 Å². The van der Waals surface area contributed by atoms with Gasteiger partial charge >= 0.3 is 0 Å². The van der Waals surface area contributed by atoms with E-state index in [0.29, 0.717) is 26.1 Å². The number of hydrogen-bond donors (Lipinski definition) is 0. The van der Waals surface area contributed by atoms with Gasteiger partial charge in [-0.25, -0.2) is 21.5 Å². The van der Waals surface area contributed by atoms with Gasteiger partial charge in [0.15, 0.2) is 0 Å². The number of rotatable bonds is 4. The van der Waals surface area contributed by atoms with Crippen molar-refractivity contribution in [1.29, 1.82) is 0 Å². The fourth-order valence-corrected chi connectivity index (χ4v) is 5.24. The van der Waals surface area contributed by atoms with E-state index in [9.17, 15) is 17.2 Å². The minimum atomic E-state index is -3.70. The molecule has 2 aromatic rings. The van der Waals surface area contributed by atoms with Gasteiger partial charge in [0.05, 0.1) is 12.4 Å². The van der Waals surface area contributed by atoms with E-state index in [2.05, 4.69) is 6.07 Å². The van der Waals surface area contributed by atoms with Gasteiger partial charge in [-0.3, -0.25) is 0 Å². The van der Waals surface area contributed by atoms with Gasteiger partial charge in [-0.2, -0.15) is 0 Å². The molecule has 1 saturated heterocycles. The van der Waals surface area contributed by atoms with Crippen molar-refractivity contribution in [3.05, 3.63) is 64.7 Å². The van der Waals surface area contributed by atoms with E-state index >= 15 is 0 Å². The van der Waals surface area contributed by atoms with Crippen molar-refractivity contribution in [2.45, 2.75) is 24.5 Å². The predicted molar refractivity (Wildman–Crippen MR) is 93.6 cm³/mol. The molecule has 138 valence electrons. The lowest BCUT2D eigenvalue weighted by molar-refractivity contribution is 0.357. The number of fused-ring (bicyclic) bond motifs is 1. The zero-order valence-electron chi connectivity index (χ0n) is 14.1. The number of hydrogen-bond acceptors (Lipinski definition) is 3. The molecule has 2 heterocycles. The van der Waals surface area contributed by atoms with Gasteiger partial charge in [-0.15, -0.1) is 0 Å². The number of benzene rings is 2. The Morgan fingerprint density at radius 2 is 2.00 bits per heavy atom. The van der Waals surface area contributed by atoms with E-state index in [1.165, 1.54) is 4.31 Å². The summed E-state index contributed by atoms with van der Waals surface area (Å²) in [5.74, 6) is -0.868. The van der Waals surface area contributed by atoms with Crippen molar-refractivity contribution in [3.63, 3.8) is 0 Å². The Morgan fingerprint density at radius 1 is 1.15 bits per heavy atom. The maximum Gasteiger partial charge on any atom is 0.218 e. The lowest BCUT2D eigenvalue weighted by atomic mass is 9.96. The maximum atomic E-state index is 13.8. The summed E-state index contributed by atoms with van der Waals surface area (Å²) in [5.41, 5.74) is 2.12. The predicted octanol–water partition coefficient (Wildman–Crippen LogP) is 3.22. The van der Waals surface area contributed by atoms with Gasteiger partial charge in [0.1, 0.15) is 17.4 Å². The van der Waals surface area contributed by atoms with E-state index in [-0.39, 0.29) is 11.5 Å². The molecule has 2 aliphatic rings. The molecule has 2 aliphatic heterocycles. The smallest absolute Gasteiger partial charge is 0.218 e. The second-order valence-electron chi connectivity index (χ2n) is 6.80. The van der Waals surface area contributed by atoms with Crippen LogP contribution in [-0.2, 0) is 22.2 Å². The fraction of sp³-hybridized carbons (Fsp3) is 0.368. The Hall–Kier alpha value is -1.99. The number of nitrogens with zero attached hydrogens (tertiary/aromatic N) is 1. The average Bonchev–Trinajstić information content (AvgIpc) is 3.26. The Kier molecular flexibility index (Phi) is 4.44. The molecule has 1 atom stereocenters. The SMILES string of the molecule is O=S(=O)(Cc1cc(F)ccc1F)N1CCC(c2ccc3c(c2)CCO3)C1. The van der Waals surface area contributed by atoms with E-state index in [1.807, 2.05) is 12.1 Å². The zero-order valence-corrected chi connectivity index (χ0v) is 14.9. The van der Waals surface area contributed by atoms with Crippen LogP contribution in [0.25, 0.3) is 0 Å². The van der Waals surface area contributed by atoms with Gasteiger partial charge in [0, 0.05) is 25.1 Å². The summed E-state index contributed by atoms with van der Waals surface area (Å²) < 4.78 is 59.3. The molecular formula is C19H19F2NO3S. The maximum absolute atomic E-state index is 13.8. The van der Waals surface area contributed by atoms with Crippen molar-refractivity contribution in [1.82, 2.24) is 4.31 Å². The molecule has 0 saturated carbocycles. The molecule has 26 heavy (non-hydrogen) atoms. The summed E-state index contributed by atoms with van der Waals surface area (Å²) in [7, 11) is -3.70. The van der Waals surface area contributed by atoms with Crippen LogP contribution in [0.5, 0.6) is 5.75 Å². The molecule has 0 aliphatic carbocycles. The fourth-order valence-electron chi connectivity index (χ4n) is 3.66. The van der Waals surface area contributed by atoms with Crippen LogP contribution in [0.2, 0.25) is 0 Å². The molecule has 1 unspecified atom stereocenters. The highest BCUT2D eigenvalue weighted by Crippen LogP contribution is 2.34. The molecule has 1 fully saturated rings. The van der Waals surface area contributed by atoms with Crippen LogP contribution >= 0.6 is 0 Å². The number of sulfonamides is 1. The summed E-state index contributed by atoms with van der Waals surface area (Å²) in [6.45, 7) is 1.43. The van der Waals surface area contributed by atoms with Gasteiger partial charge in [-0.1, -0.05) is 12.1 Å². The first kappa shape index (κ1) is 17.4. The first-order valence-corrected chi connectivity index (χ1v) is 10.2. The molecule has 0 amide bonds. The molecule has 4 rings (SSSR count). The molecular weight excluding hydrogens is 360 g/mol. The summed E-state index contributed by atoms with van der Waals surface area (Å²) >= 11 is 0. The largest absolute Gasteiger partial charge is 0.493 e. The third-order valence-corrected chi connectivity index (χ3v) is 6.87. The van der Waals surface area contributed by atoms with E-state index in [4.69, 9.17) is 4.74 Å². The first-order valence-electron chi connectivity index (χ1n) is 8.60. The lowest BCUT2D eigenvalue weighted by Gasteiger charge is -2.17. The third-order valence-electron chi connectivity index (χ3n) is 5.07. The number of ether oxygens (including phenoxy) is 1. The quantitative estimate of drug-likeness (QED) is 0.820. The molecule has 0 spiro atoms. The lowest BCUT2D eigenvalue weighted by Crippen LogP contribution is -2.30. The highest BCUT2D eigenvalue weighted by molar-refractivity contribution is 7.88. The topological polar surface area (TPSA) is 46.6 Å². The zero-order chi connectivity index (χ0) is 18.3. The van der Waals surface area contributed by atoms with E-state index < -0.39 is 27.4 Å². The normalized spacial score (nSPS) is 20.2. The van der Waals surface area contributed by atoms with Crippen LogP contribution in [-0.4, -0.2) is 32.4 Å². The molecule has 4 nitrogen and oxygen atoms in total. The minimum Gasteiger partial charge on any atom is -0.493 e. The molecule has 0 aromatic heterocycles. The van der Waals surface area contributed by atoms with Gasteiger partial charge in [0.25, 0.3) is 0 Å². The van der Waals surface area contributed by atoms with Gasteiger partial charge < -0.3 is 4.74 Å². The van der Waals surface area contributed by atoms with Crippen LogP contribution in [0.4, 0.5) is 8.78 Å². The van der Waals surface area contributed by atoms with Gasteiger partial charge in [-0.05, 0) is 47.7 Å². The standard InChI is InChI=1S/C19H19F2NO3S/c20-17-2-3-18(21)16(10-17)12-26(23,24)22-7-5-15(11-22)13-1-4-19-14(9-13)6-8-25-19/h1-4,9-10,15H,5-8,11-12H2. The Labute approximate surface area is 151 Å². The monoisotopic (exact) mass is 379 g/mol. The molecule has 0 radical (unpaired) electrons. The highest BCUT2D eigenvalue weighted by atomic mass is 32.2. The molecule has 2 aromatic carbocycles. The van der Waals surface area contributed by atoms with Crippen molar-refractivity contribution in [2.24, 2.45) is 0 Å². The van der Waals surface area contributed by atoms with Crippen LogP contribution < -0.4 is 4.74 Å². The summed E-state index contributed by atoms with van der Waals surface area (Å²) in [6, 6.07) is 8.90. The van der Waals surface area contributed by atoms with E-state index in [1.54, 1.807) is 0 Å². The molecule has 7 heteroatoms. The van der Waals surface area contributed by atoms with Crippen LogP contribution in [0.1, 0.15) is 29.0 Å². The average molecular weight is 379 g/mol. The number of halogens is 2. The summed E-state index contributed by atoms with van der Waals surface area (Å²) in [5, 5.41) is 0. The van der Waals surface area contributed by atoms with Crippen molar-refractivity contribution < 1.29 is 21.9 Å². The minimum absolute atomic E-state index is 0.105. The Balaban J connectivity index is 1.50. The first-order chi connectivity index (χ1) is 12.4. The second kappa shape index (κ2) is 6.63. The van der Waals surface area contributed by atoms with Gasteiger partial charge in [0.2, 0.25) is 10.0 Å². The summed E-state index contributed by atoms with van der Waals surface area (Å²) in [6.07, 6.45) is 1.58. The molecule has 0 bridgehead atoms. The van der Waals surface area contributed by atoms with Crippen LogP contribution in [0.15, 0.2) is 36.4 Å². The van der Waals surface area contributed by atoms with Crippen molar-refractivity contribution in [3.8, 4) is 5.75 Å². The Bertz CT molecular complexity index is 946. The molecule has 0 N–H and O–H groups in total. The van der Waals surface area contributed by atoms with E-state index in [0.717, 1.165) is 41.5 Å². The second-order valence-corrected chi connectivity index (χ2v) is 8.77.